The minimum Gasteiger partial charge on any atom is -0.461 e. The minimum atomic E-state index is -0.700. The van der Waals surface area contributed by atoms with Gasteiger partial charge in [0.1, 0.15) is 5.69 Å². The van der Waals surface area contributed by atoms with E-state index in [2.05, 4.69) is 0 Å². The molecule has 0 saturated heterocycles. The standard InChI is InChI=1S/C12H12N2O3/c1-2-17-11(15)10-7-8-5-3-4-6-9(8)14(10)12(13)16/h3-7H,2H2,1H3,(H2,13,16). The van der Waals surface area contributed by atoms with Gasteiger partial charge in [-0.1, -0.05) is 18.2 Å². The van der Waals surface area contributed by atoms with Gasteiger partial charge in [0.15, 0.2) is 0 Å². The van der Waals surface area contributed by atoms with Crippen molar-refractivity contribution in [2.24, 2.45) is 5.73 Å². The van der Waals surface area contributed by atoms with E-state index in [1.54, 1.807) is 31.2 Å². The molecule has 1 amide bonds. The van der Waals surface area contributed by atoms with E-state index < -0.39 is 12.0 Å². The number of primary amides is 1. The summed E-state index contributed by atoms with van der Waals surface area (Å²) < 4.78 is 6.04. The summed E-state index contributed by atoms with van der Waals surface area (Å²) in [4.78, 5) is 23.1. The smallest absolute Gasteiger partial charge is 0.355 e. The number of para-hydroxylation sites is 1. The number of rotatable bonds is 2. The van der Waals surface area contributed by atoms with Gasteiger partial charge in [0.25, 0.3) is 0 Å². The van der Waals surface area contributed by atoms with Crippen molar-refractivity contribution in [3.05, 3.63) is 36.0 Å². The zero-order valence-corrected chi connectivity index (χ0v) is 9.34. The van der Waals surface area contributed by atoms with Crippen molar-refractivity contribution >= 4 is 22.9 Å². The van der Waals surface area contributed by atoms with Crippen LogP contribution < -0.4 is 5.73 Å². The molecular weight excluding hydrogens is 220 g/mol. The van der Waals surface area contributed by atoms with E-state index in [9.17, 15) is 9.59 Å². The van der Waals surface area contributed by atoms with Crippen molar-refractivity contribution in [3.63, 3.8) is 0 Å². The molecule has 0 unspecified atom stereocenters. The van der Waals surface area contributed by atoms with Gasteiger partial charge in [-0.15, -0.1) is 0 Å². The Kier molecular flexibility index (Phi) is 2.82. The minimum absolute atomic E-state index is 0.153. The first kappa shape index (κ1) is 11.2. The van der Waals surface area contributed by atoms with Crippen molar-refractivity contribution in [3.8, 4) is 0 Å². The largest absolute Gasteiger partial charge is 0.461 e. The quantitative estimate of drug-likeness (QED) is 0.801. The van der Waals surface area contributed by atoms with E-state index in [1.165, 1.54) is 0 Å². The molecule has 5 nitrogen and oxygen atoms in total. The van der Waals surface area contributed by atoms with E-state index in [4.69, 9.17) is 10.5 Å². The number of aromatic nitrogens is 1. The first-order chi connectivity index (χ1) is 8.15. The van der Waals surface area contributed by atoms with E-state index in [1.807, 2.05) is 6.07 Å². The molecule has 0 radical (unpaired) electrons. The molecule has 2 N–H and O–H groups in total. The number of esters is 1. The van der Waals surface area contributed by atoms with Crippen LogP contribution in [-0.4, -0.2) is 23.2 Å². The third-order valence-corrected chi connectivity index (χ3v) is 2.42. The molecule has 1 aromatic heterocycles. The summed E-state index contributed by atoms with van der Waals surface area (Å²) >= 11 is 0. The lowest BCUT2D eigenvalue weighted by atomic mass is 10.2. The molecule has 17 heavy (non-hydrogen) atoms. The molecule has 0 bridgehead atoms. The van der Waals surface area contributed by atoms with Gasteiger partial charge in [-0.3, -0.25) is 4.57 Å². The van der Waals surface area contributed by atoms with Crippen LogP contribution in [0.3, 0.4) is 0 Å². The third-order valence-electron chi connectivity index (χ3n) is 2.42. The predicted molar refractivity (Wildman–Crippen MR) is 62.9 cm³/mol. The van der Waals surface area contributed by atoms with Crippen molar-refractivity contribution in [1.29, 1.82) is 0 Å². The van der Waals surface area contributed by atoms with Crippen molar-refractivity contribution < 1.29 is 14.3 Å². The first-order valence-electron chi connectivity index (χ1n) is 5.22. The number of ether oxygens (including phenoxy) is 1. The second kappa shape index (κ2) is 4.29. The van der Waals surface area contributed by atoms with E-state index in [0.29, 0.717) is 5.52 Å². The predicted octanol–water partition coefficient (Wildman–Crippen LogP) is 1.74. The van der Waals surface area contributed by atoms with Crippen molar-refractivity contribution in [1.82, 2.24) is 4.57 Å². The highest BCUT2D eigenvalue weighted by atomic mass is 16.5. The lowest BCUT2D eigenvalue weighted by molar-refractivity contribution is 0.0516. The lowest BCUT2D eigenvalue weighted by Gasteiger charge is -2.05. The fraction of sp³-hybridized carbons (Fsp3) is 0.167. The molecule has 88 valence electrons. The fourth-order valence-corrected chi connectivity index (χ4v) is 1.75. The monoisotopic (exact) mass is 232 g/mol. The van der Waals surface area contributed by atoms with Gasteiger partial charge in [0, 0.05) is 5.39 Å². The van der Waals surface area contributed by atoms with Crippen LogP contribution in [0.5, 0.6) is 0 Å². The topological polar surface area (TPSA) is 74.3 Å². The average Bonchev–Trinajstić information content (AvgIpc) is 2.68. The molecule has 1 heterocycles. The lowest BCUT2D eigenvalue weighted by Crippen LogP contribution is -2.24. The number of nitrogens with two attached hydrogens (primary N) is 1. The Bertz CT molecular complexity index is 586. The third kappa shape index (κ3) is 1.87. The molecule has 0 aliphatic rings. The van der Waals surface area contributed by atoms with Gasteiger partial charge in [-0.2, -0.15) is 0 Å². The highest BCUT2D eigenvalue weighted by Crippen LogP contribution is 2.19. The molecule has 0 aliphatic heterocycles. The van der Waals surface area contributed by atoms with Gasteiger partial charge in [-0.05, 0) is 19.1 Å². The van der Waals surface area contributed by atoms with Crippen LogP contribution in [0.15, 0.2) is 30.3 Å². The summed E-state index contributed by atoms with van der Waals surface area (Å²) in [5.74, 6) is -0.553. The van der Waals surface area contributed by atoms with E-state index >= 15 is 0 Å². The van der Waals surface area contributed by atoms with E-state index in [0.717, 1.165) is 9.95 Å². The van der Waals surface area contributed by atoms with Gasteiger partial charge in [0.05, 0.1) is 12.1 Å². The van der Waals surface area contributed by atoms with Crippen LogP contribution in [0.2, 0.25) is 0 Å². The van der Waals surface area contributed by atoms with Gasteiger partial charge < -0.3 is 10.5 Å². The van der Waals surface area contributed by atoms with Crippen LogP contribution in [0.25, 0.3) is 10.9 Å². The average molecular weight is 232 g/mol. The highest BCUT2D eigenvalue weighted by Gasteiger charge is 2.19. The molecular formula is C12H12N2O3. The van der Waals surface area contributed by atoms with Crippen LogP contribution in [0.1, 0.15) is 17.4 Å². The summed E-state index contributed by atoms with van der Waals surface area (Å²) in [6.45, 7) is 1.95. The highest BCUT2D eigenvalue weighted by molar-refractivity contribution is 6.02. The summed E-state index contributed by atoms with van der Waals surface area (Å²) in [6, 6.07) is 8.02. The summed E-state index contributed by atoms with van der Waals surface area (Å²) in [6.07, 6.45) is 0. The number of benzene rings is 1. The molecule has 2 rings (SSSR count). The maximum atomic E-state index is 11.7. The Labute approximate surface area is 97.8 Å². The summed E-state index contributed by atoms with van der Waals surface area (Å²) in [7, 11) is 0. The maximum Gasteiger partial charge on any atom is 0.355 e. The SMILES string of the molecule is CCOC(=O)c1cc2ccccc2n1C(N)=O. The maximum absolute atomic E-state index is 11.7. The number of hydrogen-bond acceptors (Lipinski definition) is 3. The normalized spacial score (nSPS) is 10.4. The number of hydrogen-bond donors (Lipinski definition) is 1. The number of fused-ring (bicyclic) bond motifs is 1. The molecule has 0 atom stereocenters. The summed E-state index contributed by atoms with van der Waals surface area (Å²) in [5, 5.41) is 0.773. The molecule has 1 aromatic carbocycles. The van der Waals surface area contributed by atoms with Crippen molar-refractivity contribution in [2.75, 3.05) is 6.61 Å². The fourth-order valence-electron chi connectivity index (χ4n) is 1.75. The Morgan fingerprint density at radius 2 is 2.06 bits per heavy atom. The zero-order chi connectivity index (χ0) is 12.4. The second-order valence-electron chi connectivity index (χ2n) is 3.48. The zero-order valence-electron chi connectivity index (χ0n) is 9.34. The Morgan fingerprint density at radius 3 is 2.71 bits per heavy atom. The Balaban J connectivity index is 2.66. The number of carbonyl (C=O) groups excluding carboxylic acids is 2. The molecule has 5 heteroatoms. The van der Waals surface area contributed by atoms with Crippen LogP contribution in [0, 0.1) is 0 Å². The number of nitrogens with zero attached hydrogens (tertiary/aromatic N) is 1. The summed E-state index contributed by atoms with van der Waals surface area (Å²) in [5.41, 5.74) is 6.03. The molecule has 0 aliphatic carbocycles. The van der Waals surface area contributed by atoms with Gasteiger partial charge in [-0.25, -0.2) is 9.59 Å². The van der Waals surface area contributed by atoms with Gasteiger partial charge >= 0.3 is 12.0 Å². The molecule has 0 fully saturated rings. The first-order valence-corrected chi connectivity index (χ1v) is 5.22. The van der Waals surface area contributed by atoms with Crippen LogP contribution in [0.4, 0.5) is 4.79 Å². The van der Waals surface area contributed by atoms with Crippen molar-refractivity contribution in [2.45, 2.75) is 6.92 Å². The van der Waals surface area contributed by atoms with Crippen LogP contribution >= 0.6 is 0 Å². The van der Waals surface area contributed by atoms with E-state index in [-0.39, 0.29) is 12.3 Å². The number of carbonyl (C=O) groups is 2. The molecule has 0 saturated carbocycles. The molecule has 0 spiro atoms. The Morgan fingerprint density at radius 1 is 1.35 bits per heavy atom. The molecule has 2 aromatic rings. The Hall–Kier alpha value is -2.30. The number of amides is 1. The van der Waals surface area contributed by atoms with Crippen LogP contribution in [-0.2, 0) is 4.74 Å². The van der Waals surface area contributed by atoms with Gasteiger partial charge in [0.2, 0.25) is 0 Å². The second-order valence-corrected chi connectivity index (χ2v) is 3.48.